The van der Waals surface area contributed by atoms with Crippen molar-refractivity contribution in [1.29, 1.82) is 0 Å². The molecular formula is C12H16N2O2S. The lowest BCUT2D eigenvalue weighted by Gasteiger charge is -2.32. The molecule has 0 saturated carbocycles. The average Bonchev–Trinajstić information content (AvgIpc) is 2.77. The Labute approximate surface area is 105 Å². The molecule has 1 aliphatic heterocycles. The van der Waals surface area contributed by atoms with Crippen LogP contribution < -0.4 is 5.32 Å². The normalized spacial score (nSPS) is 20.6. The lowest BCUT2D eigenvalue weighted by molar-refractivity contribution is -0.145. The molecule has 2 amide bonds. The second kappa shape index (κ2) is 4.87. The van der Waals surface area contributed by atoms with E-state index in [0.29, 0.717) is 6.54 Å². The summed E-state index contributed by atoms with van der Waals surface area (Å²) in [6.07, 6.45) is 1.01. The van der Waals surface area contributed by atoms with Crippen molar-refractivity contribution in [2.45, 2.75) is 32.9 Å². The molecule has 1 N–H and O–H groups in total. The molecule has 1 atom stereocenters. The summed E-state index contributed by atoms with van der Waals surface area (Å²) in [5.74, 6) is -0.0829. The standard InChI is InChI=1S/C12H16N2O2S/c1-3-9-4-5-10(17-9)7-14-8(2)12(16)13-6-11(14)15/h4-5,8H,3,6-7H2,1-2H3,(H,13,16). The van der Waals surface area contributed by atoms with Gasteiger partial charge in [-0.05, 0) is 25.5 Å². The monoisotopic (exact) mass is 252 g/mol. The number of rotatable bonds is 3. The summed E-state index contributed by atoms with van der Waals surface area (Å²) in [5.41, 5.74) is 0. The smallest absolute Gasteiger partial charge is 0.242 e. The summed E-state index contributed by atoms with van der Waals surface area (Å²) >= 11 is 1.71. The third-order valence-electron chi connectivity index (χ3n) is 2.97. The molecule has 1 fully saturated rings. The number of aryl methyl sites for hydroxylation is 1. The van der Waals surface area contributed by atoms with Crippen LogP contribution in [0, 0.1) is 0 Å². The molecule has 1 saturated heterocycles. The minimum Gasteiger partial charge on any atom is -0.345 e. The number of carbonyl (C=O) groups excluding carboxylic acids is 2. The van der Waals surface area contributed by atoms with E-state index in [9.17, 15) is 9.59 Å². The van der Waals surface area contributed by atoms with Gasteiger partial charge in [-0.1, -0.05) is 6.92 Å². The fourth-order valence-corrected chi connectivity index (χ4v) is 2.82. The molecule has 1 unspecified atom stereocenters. The predicted molar refractivity (Wildman–Crippen MR) is 66.7 cm³/mol. The molecule has 0 radical (unpaired) electrons. The highest BCUT2D eigenvalue weighted by molar-refractivity contribution is 7.11. The molecule has 1 aliphatic rings. The van der Waals surface area contributed by atoms with Crippen LogP contribution in [0.15, 0.2) is 12.1 Å². The largest absolute Gasteiger partial charge is 0.345 e. The van der Waals surface area contributed by atoms with Crippen LogP contribution >= 0.6 is 11.3 Å². The molecule has 0 aliphatic carbocycles. The first-order valence-corrected chi connectivity index (χ1v) is 6.58. The van der Waals surface area contributed by atoms with E-state index in [1.807, 2.05) is 6.07 Å². The first kappa shape index (κ1) is 12.1. The van der Waals surface area contributed by atoms with Gasteiger partial charge in [0.2, 0.25) is 11.8 Å². The van der Waals surface area contributed by atoms with Crippen LogP contribution in [-0.4, -0.2) is 29.3 Å². The van der Waals surface area contributed by atoms with E-state index in [1.54, 1.807) is 23.2 Å². The Kier molecular flexibility index (Phi) is 3.47. The van der Waals surface area contributed by atoms with Crippen molar-refractivity contribution in [1.82, 2.24) is 10.2 Å². The zero-order valence-corrected chi connectivity index (χ0v) is 10.8. The maximum atomic E-state index is 11.7. The molecular weight excluding hydrogens is 236 g/mol. The van der Waals surface area contributed by atoms with Crippen LogP contribution in [0.3, 0.4) is 0 Å². The third kappa shape index (κ3) is 2.49. The maximum Gasteiger partial charge on any atom is 0.242 e. The van der Waals surface area contributed by atoms with E-state index in [0.717, 1.165) is 11.3 Å². The number of carbonyl (C=O) groups is 2. The molecule has 5 heteroatoms. The van der Waals surface area contributed by atoms with Gasteiger partial charge in [0, 0.05) is 9.75 Å². The van der Waals surface area contributed by atoms with E-state index in [4.69, 9.17) is 0 Å². The fourth-order valence-electron chi connectivity index (χ4n) is 1.86. The summed E-state index contributed by atoms with van der Waals surface area (Å²) in [7, 11) is 0. The van der Waals surface area contributed by atoms with Crippen molar-refractivity contribution in [3.8, 4) is 0 Å². The van der Waals surface area contributed by atoms with Gasteiger partial charge in [-0.15, -0.1) is 11.3 Å². The van der Waals surface area contributed by atoms with E-state index >= 15 is 0 Å². The number of nitrogens with one attached hydrogen (secondary N) is 1. The molecule has 4 nitrogen and oxygen atoms in total. The van der Waals surface area contributed by atoms with Crippen LogP contribution in [-0.2, 0) is 22.6 Å². The number of thiophene rings is 1. The van der Waals surface area contributed by atoms with Gasteiger partial charge in [-0.2, -0.15) is 0 Å². The van der Waals surface area contributed by atoms with Crippen LogP contribution in [0.2, 0.25) is 0 Å². The number of hydrogen-bond donors (Lipinski definition) is 1. The summed E-state index contributed by atoms with van der Waals surface area (Å²) in [6, 6.07) is 3.75. The minimum absolute atomic E-state index is 0.0106. The Bertz CT molecular complexity index is 441. The van der Waals surface area contributed by atoms with E-state index in [2.05, 4.69) is 18.3 Å². The summed E-state index contributed by atoms with van der Waals surface area (Å²) in [6.45, 7) is 4.53. The van der Waals surface area contributed by atoms with Gasteiger partial charge < -0.3 is 10.2 Å². The average molecular weight is 252 g/mol. The van der Waals surface area contributed by atoms with E-state index in [1.165, 1.54) is 4.88 Å². The van der Waals surface area contributed by atoms with Crippen molar-refractivity contribution in [3.63, 3.8) is 0 Å². The molecule has 1 aromatic heterocycles. The second-order valence-electron chi connectivity index (χ2n) is 4.14. The number of amides is 2. The van der Waals surface area contributed by atoms with Gasteiger partial charge in [0.05, 0.1) is 13.1 Å². The number of hydrogen-bond acceptors (Lipinski definition) is 3. The van der Waals surface area contributed by atoms with E-state index in [-0.39, 0.29) is 24.4 Å². The molecule has 2 rings (SSSR count). The van der Waals surface area contributed by atoms with E-state index < -0.39 is 0 Å². The Morgan fingerprint density at radius 2 is 2.12 bits per heavy atom. The highest BCUT2D eigenvalue weighted by Gasteiger charge is 2.30. The zero-order chi connectivity index (χ0) is 12.4. The summed E-state index contributed by atoms with van der Waals surface area (Å²) in [5, 5.41) is 2.59. The summed E-state index contributed by atoms with van der Waals surface area (Å²) < 4.78 is 0. The highest BCUT2D eigenvalue weighted by Crippen LogP contribution is 2.20. The molecule has 17 heavy (non-hydrogen) atoms. The Balaban J connectivity index is 2.10. The Morgan fingerprint density at radius 3 is 2.76 bits per heavy atom. The Hall–Kier alpha value is -1.36. The molecule has 1 aromatic rings. The van der Waals surface area contributed by atoms with Gasteiger partial charge in [-0.3, -0.25) is 9.59 Å². The second-order valence-corrected chi connectivity index (χ2v) is 5.39. The van der Waals surface area contributed by atoms with Crippen molar-refractivity contribution in [3.05, 3.63) is 21.9 Å². The molecule has 0 bridgehead atoms. The lowest BCUT2D eigenvalue weighted by Crippen LogP contribution is -2.56. The van der Waals surface area contributed by atoms with Gasteiger partial charge in [0.25, 0.3) is 0 Å². The topological polar surface area (TPSA) is 49.4 Å². The molecule has 0 aromatic carbocycles. The van der Waals surface area contributed by atoms with Gasteiger partial charge in [-0.25, -0.2) is 0 Å². The Morgan fingerprint density at radius 1 is 1.41 bits per heavy atom. The third-order valence-corrected chi connectivity index (χ3v) is 4.19. The molecule has 0 spiro atoms. The number of nitrogens with zero attached hydrogens (tertiary/aromatic N) is 1. The van der Waals surface area contributed by atoms with Gasteiger partial charge in [0.1, 0.15) is 6.04 Å². The van der Waals surface area contributed by atoms with Crippen molar-refractivity contribution in [2.75, 3.05) is 6.54 Å². The maximum absolute atomic E-state index is 11.7. The first-order chi connectivity index (χ1) is 8.11. The predicted octanol–water partition coefficient (Wildman–Crippen LogP) is 1.16. The zero-order valence-electron chi connectivity index (χ0n) is 10.0. The lowest BCUT2D eigenvalue weighted by atomic mass is 10.2. The molecule has 2 heterocycles. The first-order valence-electron chi connectivity index (χ1n) is 5.76. The highest BCUT2D eigenvalue weighted by atomic mass is 32.1. The number of piperazine rings is 1. The van der Waals surface area contributed by atoms with Crippen molar-refractivity contribution < 1.29 is 9.59 Å². The molecule has 92 valence electrons. The van der Waals surface area contributed by atoms with Crippen LogP contribution in [0.25, 0.3) is 0 Å². The quantitative estimate of drug-likeness (QED) is 0.877. The van der Waals surface area contributed by atoms with Gasteiger partial charge >= 0.3 is 0 Å². The summed E-state index contributed by atoms with van der Waals surface area (Å²) in [4.78, 5) is 27.3. The van der Waals surface area contributed by atoms with Crippen molar-refractivity contribution >= 4 is 23.2 Å². The van der Waals surface area contributed by atoms with Crippen LogP contribution in [0.1, 0.15) is 23.6 Å². The van der Waals surface area contributed by atoms with Crippen LogP contribution in [0.4, 0.5) is 0 Å². The van der Waals surface area contributed by atoms with Gasteiger partial charge in [0.15, 0.2) is 0 Å². The van der Waals surface area contributed by atoms with Crippen LogP contribution in [0.5, 0.6) is 0 Å². The fraction of sp³-hybridized carbons (Fsp3) is 0.500. The van der Waals surface area contributed by atoms with Crippen molar-refractivity contribution in [2.24, 2.45) is 0 Å². The minimum atomic E-state index is -0.372. The SMILES string of the molecule is CCc1ccc(CN2C(=O)CNC(=O)C2C)s1.